The summed E-state index contributed by atoms with van der Waals surface area (Å²) in [7, 11) is -7.58. The van der Waals surface area contributed by atoms with E-state index in [4.69, 9.17) is 20.5 Å². The topological polar surface area (TPSA) is 449 Å². The van der Waals surface area contributed by atoms with Gasteiger partial charge in [0.15, 0.2) is 23.0 Å². The highest BCUT2D eigenvalue weighted by Crippen LogP contribution is 2.39. The standard InChI is InChI=1S/C36H38N7O8P.C35H38N5O9P/c1-52(49,50)51-27-14-12-25(13-15-27)18-29(36(47)48)42-35(46)26(16-23-8-4-2-5-9-23)19-30(44)28(17-24-10-6-3-7-11-24)41-31(45)20-43-22-40-32-33(37)38-21-39-34(32)43;1-50(47,48)49-27-14-12-25(13-15-27)20-29(34(44)45)38-33(43)26(18-23-8-4-2-5-9-23)21-30(41)28(19-24-10-6-3-7-11-24)37-32(42)22-40-17-16-31(36)39-35(40)46/h2-15,21-22,26,28-29H,16-20H2,1H3,(H,41,45)(H,42,46)(H,47,48)(H,49,50)(H2,37,38,39);2-17,26,28-29H,18-22H2,1H3,(H,37,42)(H,38,43)(H,44,45)(H,47,48)(H2,36,39,46). The molecule has 6 aromatic carbocycles. The van der Waals surface area contributed by atoms with Crippen molar-refractivity contribution in [2.24, 2.45) is 11.8 Å². The molecule has 532 valence electrons. The SMILES string of the molecule is CP(=O)(O)Oc1ccc(CC(NC(=O)C(CC(=O)C(Cc2ccccc2)NC(=O)Cn2ccc(N)nc2=O)Cc2ccccc2)C(=O)O)cc1.CP(=O)(O)Oc1ccc(CC(NC(=O)C(CC(=O)C(Cc2ccccc2)NC(=O)Cn2cnc3c(N)ncnc32)Cc2ccccc2)C(=O)O)cc1. The number of fused-ring (bicyclic) bond motifs is 1. The lowest BCUT2D eigenvalue weighted by atomic mass is 9.89. The van der Waals surface area contributed by atoms with E-state index < -0.39 is 111 Å². The fourth-order valence-corrected chi connectivity index (χ4v) is 11.9. The number of carbonyl (C=O) groups excluding carboxylic acids is 6. The molecule has 9 aromatic rings. The van der Waals surface area contributed by atoms with Gasteiger partial charge in [-0.25, -0.2) is 38.5 Å². The van der Waals surface area contributed by atoms with E-state index in [1.807, 2.05) is 36.4 Å². The molecule has 0 bridgehead atoms. The molecule has 31 heteroatoms. The van der Waals surface area contributed by atoms with E-state index in [1.165, 1.54) is 78.0 Å². The molecule has 8 unspecified atom stereocenters. The van der Waals surface area contributed by atoms with Crippen LogP contribution in [0.4, 0.5) is 11.6 Å². The van der Waals surface area contributed by atoms with Crippen LogP contribution in [0.15, 0.2) is 200 Å². The number of hydrogen-bond acceptors (Lipinski definition) is 19. The number of hydrogen-bond donors (Lipinski definition) is 10. The van der Waals surface area contributed by atoms with E-state index >= 15 is 0 Å². The van der Waals surface area contributed by atoms with Crippen molar-refractivity contribution < 1.29 is 76.5 Å². The number of Topliss-reactive ketones (excluding diaryl/α,β-unsaturated/α-hetero) is 2. The summed E-state index contributed by atoms with van der Waals surface area (Å²) in [5.41, 5.74) is 15.4. The number of carboxylic acids is 2. The zero-order valence-corrected chi connectivity index (χ0v) is 57.1. The van der Waals surface area contributed by atoms with E-state index in [-0.39, 0.29) is 81.0 Å². The Kier molecular flexibility index (Phi) is 26.9. The second-order valence-electron chi connectivity index (χ2n) is 24.1. The number of anilines is 2. The summed E-state index contributed by atoms with van der Waals surface area (Å²) in [5, 5.41) is 30.7. The van der Waals surface area contributed by atoms with Gasteiger partial charge in [-0.05, 0) is 89.4 Å². The average molecular weight is 1430 g/mol. The molecular formula is C71H76N12O17P2. The molecule has 0 aliphatic carbocycles. The molecule has 0 aliphatic rings. The minimum atomic E-state index is -3.79. The van der Waals surface area contributed by atoms with Gasteiger partial charge >= 0.3 is 32.8 Å². The lowest BCUT2D eigenvalue weighted by Gasteiger charge is -2.23. The van der Waals surface area contributed by atoms with Crippen LogP contribution in [0, 0.1) is 11.8 Å². The summed E-state index contributed by atoms with van der Waals surface area (Å²) >= 11 is 0. The van der Waals surface area contributed by atoms with Gasteiger partial charge in [-0.15, -0.1) is 0 Å². The van der Waals surface area contributed by atoms with E-state index in [1.54, 1.807) is 84.9 Å². The fraction of sp³-hybridized carbons (Fsp3) is 0.254. The maximum Gasteiger partial charge on any atom is 0.373 e. The highest BCUT2D eigenvalue weighted by molar-refractivity contribution is 7.52. The van der Waals surface area contributed by atoms with Crippen molar-refractivity contribution in [2.75, 3.05) is 24.8 Å². The molecule has 0 spiro atoms. The largest absolute Gasteiger partial charge is 0.480 e. The highest BCUT2D eigenvalue weighted by atomic mass is 31.2. The number of carboxylic acid groups (broad SMARTS) is 2. The van der Waals surface area contributed by atoms with Crippen LogP contribution in [-0.2, 0) is 99.1 Å². The Morgan fingerprint density at radius 3 is 1.21 bits per heavy atom. The Morgan fingerprint density at radius 2 is 0.833 bits per heavy atom. The van der Waals surface area contributed by atoms with Crippen molar-refractivity contribution in [3.05, 3.63) is 239 Å². The number of imidazole rings is 1. The molecule has 8 atom stereocenters. The number of aromatic nitrogens is 6. The van der Waals surface area contributed by atoms with Crippen LogP contribution in [0.5, 0.6) is 11.5 Å². The summed E-state index contributed by atoms with van der Waals surface area (Å²) in [6, 6.07) is 44.3. The summed E-state index contributed by atoms with van der Waals surface area (Å²) in [6.07, 6.45) is 3.60. The number of carbonyl (C=O) groups is 8. The molecule has 9 rings (SSSR count). The molecule has 0 saturated heterocycles. The van der Waals surface area contributed by atoms with Crippen LogP contribution < -0.4 is 47.5 Å². The van der Waals surface area contributed by atoms with Gasteiger partial charge in [-0.2, -0.15) is 4.98 Å². The first-order chi connectivity index (χ1) is 48.6. The Morgan fingerprint density at radius 1 is 0.471 bits per heavy atom. The monoisotopic (exact) mass is 1430 g/mol. The van der Waals surface area contributed by atoms with Crippen molar-refractivity contribution in [1.82, 2.24) is 50.3 Å². The lowest BCUT2D eigenvalue weighted by Crippen LogP contribution is -2.48. The Bertz CT molecular complexity index is 4540. The summed E-state index contributed by atoms with van der Waals surface area (Å²) < 4.78 is 35.6. The molecule has 4 amide bonds. The molecule has 0 saturated carbocycles. The summed E-state index contributed by atoms with van der Waals surface area (Å²) in [5.74, 6) is -7.54. The van der Waals surface area contributed by atoms with Gasteiger partial charge in [-0.3, -0.25) is 33.3 Å². The first-order valence-electron chi connectivity index (χ1n) is 31.9. The Labute approximate surface area is 584 Å². The zero-order valence-electron chi connectivity index (χ0n) is 55.3. The second-order valence-corrected chi connectivity index (χ2v) is 27.7. The second kappa shape index (κ2) is 36.0. The number of nitrogen functional groups attached to an aromatic ring is 2. The van der Waals surface area contributed by atoms with Gasteiger partial charge in [0.25, 0.3) is 0 Å². The summed E-state index contributed by atoms with van der Waals surface area (Å²) in [4.78, 5) is 154. The van der Waals surface area contributed by atoms with E-state index in [2.05, 4.69) is 41.2 Å². The van der Waals surface area contributed by atoms with Gasteiger partial charge in [0.2, 0.25) is 23.6 Å². The number of benzene rings is 6. The van der Waals surface area contributed by atoms with Gasteiger partial charge in [0.05, 0.1) is 18.4 Å². The van der Waals surface area contributed by atoms with Crippen LogP contribution >= 0.6 is 15.2 Å². The van der Waals surface area contributed by atoms with Crippen LogP contribution in [0.25, 0.3) is 11.2 Å². The number of amides is 4. The third kappa shape index (κ3) is 24.4. The van der Waals surface area contributed by atoms with E-state index in [9.17, 15) is 72.3 Å². The third-order valence-electron chi connectivity index (χ3n) is 15.8. The van der Waals surface area contributed by atoms with Crippen LogP contribution in [0.2, 0.25) is 0 Å². The van der Waals surface area contributed by atoms with Gasteiger partial charge < -0.3 is 66.3 Å². The van der Waals surface area contributed by atoms with Gasteiger partial charge in [-0.1, -0.05) is 146 Å². The molecule has 102 heavy (non-hydrogen) atoms. The van der Waals surface area contributed by atoms with E-state index in [0.717, 1.165) is 40.2 Å². The number of nitrogens with one attached hydrogen (secondary N) is 4. The van der Waals surface area contributed by atoms with Crippen molar-refractivity contribution in [3.63, 3.8) is 0 Å². The van der Waals surface area contributed by atoms with Crippen molar-refractivity contribution >= 4 is 85.1 Å². The predicted molar refractivity (Wildman–Crippen MR) is 375 cm³/mol. The molecule has 12 N–H and O–H groups in total. The van der Waals surface area contributed by atoms with Crippen LogP contribution in [0.1, 0.15) is 46.2 Å². The van der Waals surface area contributed by atoms with Crippen molar-refractivity contribution in [1.29, 1.82) is 0 Å². The maximum atomic E-state index is 14.1. The average Bonchev–Trinajstić information content (AvgIpc) is 1.64. The Balaban J connectivity index is 0.000000259. The number of nitrogens with zero attached hydrogens (tertiary/aromatic N) is 6. The third-order valence-corrected chi connectivity index (χ3v) is 16.9. The zero-order chi connectivity index (χ0) is 73.5. The number of nitrogens with two attached hydrogens (primary N) is 2. The minimum absolute atomic E-state index is 0.00345. The first kappa shape index (κ1) is 76.2. The summed E-state index contributed by atoms with van der Waals surface area (Å²) in [6.45, 7) is 1.43. The van der Waals surface area contributed by atoms with Gasteiger partial charge in [0.1, 0.15) is 54.3 Å². The van der Waals surface area contributed by atoms with E-state index in [0.29, 0.717) is 22.3 Å². The molecular weight excluding hydrogens is 1350 g/mol. The normalized spacial score (nSPS) is 14.0. The predicted octanol–water partition coefficient (Wildman–Crippen LogP) is 5.34. The molecule has 0 fully saturated rings. The quantitative estimate of drug-likeness (QED) is 0.0228. The van der Waals surface area contributed by atoms with Crippen molar-refractivity contribution in [3.8, 4) is 11.5 Å². The maximum absolute atomic E-state index is 14.1. The molecule has 3 aromatic heterocycles. The number of rotatable bonds is 34. The van der Waals surface area contributed by atoms with Crippen LogP contribution in [-0.4, -0.2) is 134 Å². The Hall–Kier alpha value is -11.5. The number of ketones is 2. The molecule has 0 radical (unpaired) electrons. The van der Waals surface area contributed by atoms with Gasteiger partial charge in [0, 0.05) is 57.0 Å². The van der Waals surface area contributed by atoms with Crippen molar-refractivity contribution in [2.45, 2.75) is 88.6 Å². The highest BCUT2D eigenvalue weighted by Gasteiger charge is 2.34. The molecule has 29 nitrogen and oxygen atoms in total. The molecule has 0 aliphatic heterocycles. The fourth-order valence-electron chi connectivity index (χ4n) is 10.9. The number of aliphatic carboxylic acids is 2. The lowest BCUT2D eigenvalue weighted by molar-refractivity contribution is -0.143. The smallest absolute Gasteiger partial charge is 0.373 e. The van der Waals surface area contributed by atoms with Crippen LogP contribution in [0.3, 0.4) is 0 Å². The molecule has 3 heterocycles. The minimum Gasteiger partial charge on any atom is -0.480 e. The first-order valence-corrected chi connectivity index (χ1v) is 35.9.